The van der Waals surface area contributed by atoms with Gasteiger partial charge >= 0.3 is 11.8 Å². The molecule has 2 amide bonds. The van der Waals surface area contributed by atoms with Crippen LogP contribution in [-0.2, 0) is 9.59 Å². The normalized spacial score (nSPS) is 22.8. The Balaban J connectivity index is 1.78. The summed E-state index contributed by atoms with van der Waals surface area (Å²) in [6.45, 7) is 4.81. The van der Waals surface area contributed by atoms with Crippen molar-refractivity contribution in [2.24, 2.45) is 0 Å². The van der Waals surface area contributed by atoms with Gasteiger partial charge in [-0.05, 0) is 26.3 Å². The Morgan fingerprint density at radius 3 is 2.11 bits per heavy atom. The Bertz CT molecular complexity index is 307. The summed E-state index contributed by atoms with van der Waals surface area (Å²) in [6, 6.07) is 0. The van der Waals surface area contributed by atoms with E-state index in [0.29, 0.717) is 0 Å². The van der Waals surface area contributed by atoms with E-state index in [-0.39, 0.29) is 5.91 Å². The summed E-state index contributed by atoms with van der Waals surface area (Å²) < 4.78 is 0. The number of hydrazine groups is 1. The maximum atomic E-state index is 11.9. The van der Waals surface area contributed by atoms with E-state index in [1.165, 1.54) is 0 Å². The summed E-state index contributed by atoms with van der Waals surface area (Å²) in [5, 5.41) is 1.84. The predicted molar refractivity (Wildman–Crippen MR) is 67.6 cm³/mol. The van der Waals surface area contributed by atoms with Crippen molar-refractivity contribution < 1.29 is 9.59 Å². The number of likely N-dealkylation sites (N-methyl/N-ethyl adjacent to an activating group) is 1. The molecule has 1 N–H and O–H groups in total. The molecule has 6 nitrogen and oxygen atoms in total. The van der Waals surface area contributed by atoms with Crippen LogP contribution in [0.5, 0.6) is 0 Å². The van der Waals surface area contributed by atoms with Crippen molar-refractivity contribution >= 4 is 11.8 Å². The molecule has 102 valence electrons. The fourth-order valence-corrected chi connectivity index (χ4v) is 2.35. The molecule has 2 heterocycles. The first-order valence-electron chi connectivity index (χ1n) is 6.70. The molecule has 0 aromatic carbocycles. The Hall–Kier alpha value is -1.14. The first-order valence-corrected chi connectivity index (χ1v) is 6.70. The standard InChI is InChI=1S/C12H22N4O2/c1-14-7-9-16(10-8-14)13-11(17)12(18)15-5-3-2-4-6-15/h2-10H2,1H3,(H,13,17). The van der Waals surface area contributed by atoms with Crippen LogP contribution >= 0.6 is 0 Å². The van der Waals surface area contributed by atoms with E-state index in [0.717, 1.165) is 58.5 Å². The highest BCUT2D eigenvalue weighted by atomic mass is 16.2. The Morgan fingerprint density at radius 1 is 0.889 bits per heavy atom. The quantitative estimate of drug-likeness (QED) is 0.627. The number of piperazine rings is 1. The van der Waals surface area contributed by atoms with E-state index < -0.39 is 5.91 Å². The minimum absolute atomic E-state index is 0.381. The van der Waals surface area contributed by atoms with Gasteiger partial charge in [0.25, 0.3) is 0 Å². The molecule has 2 rings (SSSR count). The fraction of sp³-hybridized carbons (Fsp3) is 0.833. The number of amides is 2. The van der Waals surface area contributed by atoms with Gasteiger partial charge in [0.15, 0.2) is 0 Å². The van der Waals surface area contributed by atoms with Gasteiger partial charge < -0.3 is 9.80 Å². The lowest BCUT2D eigenvalue weighted by Crippen LogP contribution is -2.56. The molecule has 2 fully saturated rings. The maximum Gasteiger partial charge on any atom is 0.323 e. The monoisotopic (exact) mass is 254 g/mol. The molecule has 2 aliphatic rings. The summed E-state index contributed by atoms with van der Waals surface area (Å²) in [5.74, 6) is -0.866. The number of hydrogen-bond donors (Lipinski definition) is 1. The maximum absolute atomic E-state index is 11.9. The largest absolute Gasteiger partial charge is 0.334 e. The van der Waals surface area contributed by atoms with Crippen LogP contribution < -0.4 is 5.43 Å². The Kier molecular flexibility index (Phi) is 4.54. The minimum atomic E-state index is -0.485. The average Bonchev–Trinajstić information content (AvgIpc) is 2.41. The number of carbonyl (C=O) groups is 2. The molecule has 2 aliphatic heterocycles. The van der Waals surface area contributed by atoms with E-state index in [2.05, 4.69) is 17.4 Å². The van der Waals surface area contributed by atoms with Gasteiger partial charge in [-0.3, -0.25) is 15.0 Å². The lowest BCUT2D eigenvalue weighted by molar-refractivity contribution is -0.149. The molecule has 0 aromatic heterocycles. The van der Waals surface area contributed by atoms with Crippen molar-refractivity contribution in [3.63, 3.8) is 0 Å². The van der Waals surface area contributed by atoms with Crippen LogP contribution in [0.15, 0.2) is 0 Å². The third-order valence-electron chi connectivity index (χ3n) is 3.60. The summed E-state index contributed by atoms with van der Waals surface area (Å²) in [6.07, 6.45) is 3.17. The van der Waals surface area contributed by atoms with E-state index >= 15 is 0 Å². The van der Waals surface area contributed by atoms with Gasteiger partial charge in [-0.2, -0.15) is 0 Å². The van der Waals surface area contributed by atoms with Crippen molar-refractivity contribution in [3.05, 3.63) is 0 Å². The highest BCUT2D eigenvalue weighted by Gasteiger charge is 2.25. The first kappa shape index (κ1) is 13.3. The molecule has 0 aliphatic carbocycles. The highest BCUT2D eigenvalue weighted by Crippen LogP contribution is 2.08. The second-order valence-corrected chi connectivity index (χ2v) is 5.08. The van der Waals surface area contributed by atoms with Crippen molar-refractivity contribution in [1.29, 1.82) is 0 Å². The third-order valence-corrected chi connectivity index (χ3v) is 3.60. The van der Waals surface area contributed by atoms with Crippen LogP contribution in [0.3, 0.4) is 0 Å². The molecule has 0 aromatic rings. The van der Waals surface area contributed by atoms with Gasteiger partial charge in [0.1, 0.15) is 0 Å². The fourth-order valence-electron chi connectivity index (χ4n) is 2.35. The van der Waals surface area contributed by atoms with E-state index in [4.69, 9.17) is 0 Å². The molecule has 0 unspecified atom stereocenters. The van der Waals surface area contributed by atoms with Gasteiger partial charge in [-0.15, -0.1) is 0 Å². The molecule has 2 saturated heterocycles. The van der Waals surface area contributed by atoms with E-state index in [1.807, 2.05) is 5.01 Å². The summed E-state index contributed by atoms with van der Waals surface area (Å²) in [4.78, 5) is 27.6. The van der Waals surface area contributed by atoms with E-state index in [9.17, 15) is 9.59 Å². The van der Waals surface area contributed by atoms with Crippen LogP contribution in [0, 0.1) is 0 Å². The minimum Gasteiger partial charge on any atom is -0.334 e. The number of rotatable bonds is 1. The van der Waals surface area contributed by atoms with Crippen LogP contribution in [0.25, 0.3) is 0 Å². The molecular weight excluding hydrogens is 232 g/mol. The van der Waals surface area contributed by atoms with Gasteiger partial charge in [0.05, 0.1) is 0 Å². The van der Waals surface area contributed by atoms with Crippen molar-refractivity contribution in [3.8, 4) is 0 Å². The van der Waals surface area contributed by atoms with Crippen LogP contribution in [-0.4, -0.2) is 72.9 Å². The average molecular weight is 254 g/mol. The summed E-state index contributed by atoms with van der Waals surface area (Å²) in [7, 11) is 2.05. The smallest absolute Gasteiger partial charge is 0.323 e. The number of carbonyl (C=O) groups excluding carboxylic acids is 2. The molecule has 6 heteroatoms. The number of nitrogens with one attached hydrogen (secondary N) is 1. The van der Waals surface area contributed by atoms with Crippen LogP contribution in [0.1, 0.15) is 19.3 Å². The molecule has 0 bridgehead atoms. The van der Waals surface area contributed by atoms with Crippen molar-refractivity contribution in [2.75, 3.05) is 46.3 Å². The molecule has 18 heavy (non-hydrogen) atoms. The van der Waals surface area contributed by atoms with Crippen molar-refractivity contribution in [1.82, 2.24) is 20.2 Å². The predicted octanol–water partition coefficient (Wildman–Crippen LogP) is -0.722. The topological polar surface area (TPSA) is 55.9 Å². The number of hydrogen-bond acceptors (Lipinski definition) is 4. The Morgan fingerprint density at radius 2 is 1.50 bits per heavy atom. The van der Waals surface area contributed by atoms with Gasteiger partial charge in [-0.25, -0.2) is 5.01 Å². The van der Waals surface area contributed by atoms with Gasteiger partial charge in [-0.1, -0.05) is 0 Å². The van der Waals surface area contributed by atoms with Crippen LogP contribution in [0.2, 0.25) is 0 Å². The molecule has 0 spiro atoms. The van der Waals surface area contributed by atoms with Crippen molar-refractivity contribution in [2.45, 2.75) is 19.3 Å². The lowest BCUT2D eigenvalue weighted by atomic mass is 10.1. The van der Waals surface area contributed by atoms with Gasteiger partial charge in [0, 0.05) is 39.3 Å². The first-order chi connectivity index (χ1) is 8.66. The SMILES string of the molecule is CN1CCN(NC(=O)C(=O)N2CCCCC2)CC1. The lowest BCUT2D eigenvalue weighted by Gasteiger charge is -2.33. The second-order valence-electron chi connectivity index (χ2n) is 5.08. The zero-order valence-corrected chi connectivity index (χ0v) is 11.0. The van der Waals surface area contributed by atoms with Crippen LogP contribution in [0.4, 0.5) is 0 Å². The zero-order valence-electron chi connectivity index (χ0n) is 11.0. The molecule has 0 radical (unpaired) electrons. The number of nitrogens with zero attached hydrogens (tertiary/aromatic N) is 3. The third kappa shape index (κ3) is 3.43. The highest BCUT2D eigenvalue weighted by molar-refractivity contribution is 6.34. The number of likely N-dealkylation sites (tertiary alicyclic amines) is 1. The molecule has 0 atom stereocenters. The van der Waals surface area contributed by atoms with Gasteiger partial charge in [0.2, 0.25) is 0 Å². The zero-order chi connectivity index (χ0) is 13.0. The number of piperidine rings is 1. The molecular formula is C12H22N4O2. The second kappa shape index (κ2) is 6.15. The Labute approximate surface area is 108 Å². The summed E-state index contributed by atoms with van der Waals surface area (Å²) >= 11 is 0. The molecule has 0 saturated carbocycles. The summed E-state index contributed by atoms with van der Waals surface area (Å²) in [5.41, 5.74) is 2.71. The van der Waals surface area contributed by atoms with E-state index in [1.54, 1.807) is 4.90 Å².